The summed E-state index contributed by atoms with van der Waals surface area (Å²) in [7, 11) is 0. The van der Waals surface area contributed by atoms with E-state index in [1.807, 2.05) is 65.3 Å². The Hall–Kier alpha value is -3.06. The monoisotopic (exact) mass is 479 g/mol. The molecule has 3 heterocycles. The Bertz CT molecular complexity index is 1230. The molecule has 0 aliphatic carbocycles. The fourth-order valence-corrected chi connectivity index (χ4v) is 5.29. The highest BCUT2D eigenvalue weighted by Crippen LogP contribution is 2.25. The molecule has 2 fully saturated rings. The first-order chi connectivity index (χ1) is 16.5. The number of carbonyl (C=O) groups excluding carboxylic acids is 1. The third-order valence-electron chi connectivity index (χ3n) is 7.00. The number of rotatable bonds is 4. The van der Waals surface area contributed by atoms with Gasteiger partial charge in [-0.2, -0.15) is 0 Å². The van der Waals surface area contributed by atoms with Gasteiger partial charge < -0.3 is 19.3 Å². The number of hydrogen-bond donors (Lipinski definition) is 0. The Morgan fingerprint density at radius 1 is 1.00 bits per heavy atom. The summed E-state index contributed by atoms with van der Waals surface area (Å²) in [5.74, 6) is 0.543. The highest BCUT2D eigenvalue weighted by Gasteiger charge is 2.32. The molecule has 34 heavy (non-hydrogen) atoms. The van der Waals surface area contributed by atoms with Gasteiger partial charge in [-0.3, -0.25) is 9.59 Å². The van der Waals surface area contributed by atoms with Gasteiger partial charge in [0.2, 0.25) is 5.91 Å². The predicted octanol–water partition coefficient (Wildman–Crippen LogP) is 3.64. The molecule has 0 spiro atoms. The van der Waals surface area contributed by atoms with Gasteiger partial charge in [0.05, 0.1) is 17.0 Å². The zero-order chi connectivity index (χ0) is 23.7. The van der Waals surface area contributed by atoms with Crippen molar-refractivity contribution in [3.63, 3.8) is 0 Å². The van der Waals surface area contributed by atoms with Crippen molar-refractivity contribution in [3.8, 4) is 0 Å². The minimum Gasteiger partial charge on any atom is -0.368 e. The van der Waals surface area contributed by atoms with Gasteiger partial charge in [-0.1, -0.05) is 23.7 Å². The second kappa shape index (κ2) is 9.66. The summed E-state index contributed by atoms with van der Waals surface area (Å²) < 4.78 is 1.78. The lowest BCUT2D eigenvalue weighted by Crippen LogP contribution is -2.53. The van der Waals surface area contributed by atoms with Crippen molar-refractivity contribution in [3.05, 3.63) is 63.9 Å². The zero-order valence-electron chi connectivity index (χ0n) is 19.5. The van der Waals surface area contributed by atoms with Crippen LogP contribution in [0.5, 0.6) is 0 Å². The highest BCUT2D eigenvalue weighted by atomic mass is 35.5. The molecule has 2 aromatic carbocycles. The molecule has 0 radical (unpaired) electrons. The van der Waals surface area contributed by atoms with Crippen LogP contribution in [0.15, 0.2) is 53.3 Å². The molecule has 7 nitrogen and oxygen atoms in total. The van der Waals surface area contributed by atoms with E-state index in [-0.39, 0.29) is 17.4 Å². The van der Waals surface area contributed by atoms with Crippen LogP contribution in [-0.4, -0.2) is 59.6 Å². The number of fused-ring (bicyclic) bond motifs is 1. The van der Waals surface area contributed by atoms with Crippen molar-refractivity contribution < 1.29 is 4.79 Å². The first-order valence-corrected chi connectivity index (χ1v) is 12.5. The molecule has 1 amide bonds. The average molecular weight is 480 g/mol. The summed E-state index contributed by atoms with van der Waals surface area (Å²) >= 11 is 6.01. The van der Waals surface area contributed by atoms with Crippen LogP contribution in [-0.2, 0) is 11.3 Å². The molecule has 2 aliphatic heterocycles. The average Bonchev–Trinajstić information content (AvgIpc) is 2.88. The standard InChI is InChI=1S/C26H30ClN5O2/c1-2-32-23-8-4-3-7-22(23)28-24(26(32)34)31-13-5-6-19(18-31)25(33)30-16-14-29(15-17-30)21-11-9-20(27)10-12-21/h3-4,7-12,19H,2,5-6,13-18H2,1H3/t19-/m1/s1. The maximum absolute atomic E-state index is 13.4. The van der Waals surface area contributed by atoms with E-state index in [1.54, 1.807) is 4.57 Å². The van der Waals surface area contributed by atoms with Gasteiger partial charge in [0.25, 0.3) is 5.56 Å². The van der Waals surface area contributed by atoms with E-state index in [2.05, 4.69) is 4.90 Å². The van der Waals surface area contributed by atoms with Crippen molar-refractivity contribution in [2.45, 2.75) is 26.3 Å². The Labute approximate surface area is 204 Å². The van der Waals surface area contributed by atoms with Crippen molar-refractivity contribution in [2.24, 2.45) is 5.92 Å². The molecule has 8 heteroatoms. The van der Waals surface area contributed by atoms with Gasteiger partial charge >= 0.3 is 0 Å². The molecule has 1 aromatic heterocycles. The summed E-state index contributed by atoms with van der Waals surface area (Å²) in [4.78, 5) is 37.6. The van der Waals surface area contributed by atoms with Crippen molar-refractivity contribution >= 4 is 40.0 Å². The lowest BCUT2D eigenvalue weighted by atomic mass is 9.96. The second-order valence-corrected chi connectivity index (χ2v) is 9.48. The molecule has 2 aliphatic rings. The Balaban J connectivity index is 1.29. The second-order valence-electron chi connectivity index (χ2n) is 9.05. The number of carbonyl (C=O) groups is 1. The summed E-state index contributed by atoms with van der Waals surface area (Å²) in [6.07, 6.45) is 1.73. The van der Waals surface area contributed by atoms with Crippen LogP contribution >= 0.6 is 11.6 Å². The fraction of sp³-hybridized carbons (Fsp3) is 0.423. The smallest absolute Gasteiger partial charge is 0.293 e. The van der Waals surface area contributed by atoms with Gasteiger partial charge in [-0.15, -0.1) is 0 Å². The van der Waals surface area contributed by atoms with E-state index in [4.69, 9.17) is 16.6 Å². The molecule has 0 bridgehead atoms. The van der Waals surface area contributed by atoms with Crippen LogP contribution < -0.4 is 15.4 Å². The lowest BCUT2D eigenvalue weighted by Gasteiger charge is -2.40. The number of hydrogen-bond acceptors (Lipinski definition) is 5. The van der Waals surface area contributed by atoms with Gasteiger partial charge in [0, 0.05) is 56.5 Å². The fourth-order valence-electron chi connectivity index (χ4n) is 5.17. The molecule has 1 atom stereocenters. The number of halogens is 1. The van der Waals surface area contributed by atoms with Crippen LogP contribution in [0, 0.1) is 5.92 Å². The molecular formula is C26H30ClN5O2. The minimum absolute atomic E-state index is 0.0779. The van der Waals surface area contributed by atoms with Crippen LogP contribution in [0.1, 0.15) is 19.8 Å². The zero-order valence-corrected chi connectivity index (χ0v) is 20.2. The summed E-state index contributed by atoms with van der Waals surface area (Å²) in [5.41, 5.74) is 2.72. The first kappa shape index (κ1) is 22.7. The maximum atomic E-state index is 13.4. The third kappa shape index (κ3) is 4.37. The molecule has 5 rings (SSSR count). The van der Waals surface area contributed by atoms with Crippen molar-refractivity contribution in [1.82, 2.24) is 14.5 Å². The summed E-state index contributed by atoms with van der Waals surface area (Å²) in [5, 5.41) is 0.728. The Kier molecular flexibility index (Phi) is 6.46. The minimum atomic E-state index is -0.112. The van der Waals surface area contributed by atoms with Crippen LogP contribution in [0.25, 0.3) is 11.0 Å². The quantitative estimate of drug-likeness (QED) is 0.571. The molecule has 0 unspecified atom stereocenters. The van der Waals surface area contributed by atoms with Crippen molar-refractivity contribution in [1.29, 1.82) is 0 Å². The highest BCUT2D eigenvalue weighted by molar-refractivity contribution is 6.30. The number of piperidine rings is 1. The summed E-state index contributed by atoms with van der Waals surface area (Å²) in [6, 6.07) is 15.6. The van der Waals surface area contributed by atoms with Gasteiger partial charge in [0.1, 0.15) is 0 Å². The number of nitrogens with zero attached hydrogens (tertiary/aromatic N) is 5. The molecule has 3 aromatic rings. The molecule has 0 saturated carbocycles. The van der Waals surface area contributed by atoms with Crippen LogP contribution in [0.3, 0.4) is 0 Å². The number of benzene rings is 2. The summed E-state index contributed by atoms with van der Waals surface area (Å²) in [6.45, 7) is 6.86. The number of anilines is 2. The van der Waals surface area contributed by atoms with E-state index >= 15 is 0 Å². The molecule has 2 saturated heterocycles. The number of para-hydroxylation sites is 2. The van der Waals surface area contributed by atoms with E-state index in [0.29, 0.717) is 32.0 Å². The van der Waals surface area contributed by atoms with Crippen LogP contribution in [0.2, 0.25) is 5.02 Å². The SMILES string of the molecule is CCn1c(=O)c(N2CCC[C@@H](C(=O)N3CCN(c4ccc(Cl)cc4)CC3)C2)nc2ccccc21. The molecule has 0 N–H and O–H groups in total. The third-order valence-corrected chi connectivity index (χ3v) is 7.26. The van der Waals surface area contributed by atoms with E-state index in [0.717, 1.165) is 54.2 Å². The predicted molar refractivity (Wildman–Crippen MR) is 137 cm³/mol. The van der Waals surface area contributed by atoms with E-state index in [1.165, 1.54) is 0 Å². The number of aromatic nitrogens is 2. The largest absolute Gasteiger partial charge is 0.368 e. The normalized spacial score (nSPS) is 19.0. The Morgan fingerprint density at radius 2 is 1.74 bits per heavy atom. The maximum Gasteiger partial charge on any atom is 0.293 e. The molecule has 178 valence electrons. The topological polar surface area (TPSA) is 61.7 Å². The number of amides is 1. The van der Waals surface area contributed by atoms with E-state index in [9.17, 15) is 9.59 Å². The van der Waals surface area contributed by atoms with E-state index < -0.39 is 0 Å². The van der Waals surface area contributed by atoms with Crippen LogP contribution in [0.4, 0.5) is 11.5 Å². The number of piperazine rings is 1. The van der Waals surface area contributed by atoms with Gasteiger partial charge in [0.15, 0.2) is 5.82 Å². The van der Waals surface area contributed by atoms with Crippen molar-refractivity contribution in [2.75, 3.05) is 49.1 Å². The Morgan fingerprint density at radius 3 is 2.47 bits per heavy atom. The lowest BCUT2D eigenvalue weighted by molar-refractivity contribution is -0.136. The molecular weight excluding hydrogens is 450 g/mol. The first-order valence-electron chi connectivity index (χ1n) is 12.1. The number of aryl methyl sites for hydroxylation is 1. The van der Waals surface area contributed by atoms with Gasteiger partial charge in [-0.05, 0) is 56.2 Å². The van der Waals surface area contributed by atoms with Gasteiger partial charge in [-0.25, -0.2) is 4.98 Å².